The number of hydrogen-bond donors (Lipinski definition) is 1. The molecule has 2 atom stereocenters. The number of morpholine rings is 1. The Balaban J connectivity index is 0.00000205. The van der Waals surface area contributed by atoms with Crippen molar-refractivity contribution in [3.8, 4) is 11.1 Å². The normalized spacial score (nSPS) is 20.7. The molecule has 5 nitrogen and oxygen atoms in total. The van der Waals surface area contributed by atoms with Gasteiger partial charge in [0.2, 0.25) is 0 Å². The highest BCUT2D eigenvalue weighted by Crippen LogP contribution is 2.35. The molecule has 2 saturated heterocycles. The van der Waals surface area contributed by atoms with Gasteiger partial charge in [-0.2, -0.15) is 0 Å². The van der Waals surface area contributed by atoms with Crippen LogP contribution < -0.4 is 10.6 Å². The Morgan fingerprint density at radius 1 is 1.07 bits per heavy atom. The van der Waals surface area contributed by atoms with Gasteiger partial charge >= 0.3 is 0 Å². The molecule has 5 rings (SSSR count). The third-order valence-electron chi connectivity index (χ3n) is 5.76. The molecule has 29 heavy (non-hydrogen) atoms. The quantitative estimate of drug-likeness (QED) is 0.689. The highest BCUT2D eigenvalue weighted by atomic mass is 35.5. The fourth-order valence-electron chi connectivity index (χ4n) is 4.40. The molecule has 2 N–H and O–H groups in total. The van der Waals surface area contributed by atoms with E-state index in [9.17, 15) is 4.39 Å². The monoisotopic (exact) mass is 414 g/mol. The van der Waals surface area contributed by atoms with Crippen LogP contribution in [0.25, 0.3) is 22.0 Å². The zero-order chi connectivity index (χ0) is 19.3. The number of aryl methyl sites for hydroxylation is 1. The van der Waals surface area contributed by atoms with E-state index in [0.29, 0.717) is 23.3 Å². The maximum absolute atomic E-state index is 15.0. The number of nitrogens with zero attached hydrogens (tertiary/aromatic N) is 3. The molecule has 2 fully saturated rings. The number of ether oxygens (including phenoxy) is 1. The minimum Gasteiger partial charge on any atom is -0.384 e. The zero-order valence-electron chi connectivity index (χ0n) is 16.3. The summed E-state index contributed by atoms with van der Waals surface area (Å²) in [7, 11) is 0. The van der Waals surface area contributed by atoms with E-state index in [4.69, 9.17) is 15.5 Å². The van der Waals surface area contributed by atoms with Crippen LogP contribution in [0.4, 0.5) is 16.0 Å². The smallest absolute Gasteiger partial charge is 0.133 e. The van der Waals surface area contributed by atoms with E-state index in [2.05, 4.69) is 9.88 Å². The van der Waals surface area contributed by atoms with Crippen molar-refractivity contribution in [1.29, 1.82) is 0 Å². The van der Waals surface area contributed by atoms with Crippen LogP contribution in [0, 0.1) is 5.82 Å². The highest BCUT2D eigenvalue weighted by molar-refractivity contribution is 5.95. The molecule has 4 heterocycles. The molecular weight excluding hydrogens is 391 g/mol. The van der Waals surface area contributed by atoms with Gasteiger partial charge in [0, 0.05) is 29.6 Å². The van der Waals surface area contributed by atoms with E-state index in [-0.39, 0.29) is 30.4 Å². The first-order valence-electron chi connectivity index (χ1n) is 9.88. The summed E-state index contributed by atoms with van der Waals surface area (Å²) in [6, 6.07) is 10.9. The van der Waals surface area contributed by atoms with Crippen LogP contribution in [-0.4, -0.2) is 35.3 Å². The highest BCUT2D eigenvalue weighted by Gasteiger charge is 2.34. The van der Waals surface area contributed by atoms with E-state index >= 15 is 0 Å². The Morgan fingerprint density at radius 3 is 2.52 bits per heavy atom. The Hall–Kier alpha value is -2.44. The molecule has 152 valence electrons. The molecule has 7 heteroatoms. The van der Waals surface area contributed by atoms with E-state index < -0.39 is 0 Å². The Morgan fingerprint density at radius 2 is 1.79 bits per heavy atom. The molecule has 0 spiro atoms. The number of hydrogen-bond acceptors (Lipinski definition) is 5. The summed E-state index contributed by atoms with van der Waals surface area (Å²) in [4.78, 5) is 11.6. The number of nitrogen functional groups attached to an aromatic ring is 1. The Kier molecular flexibility index (Phi) is 5.32. The number of benzene rings is 1. The molecule has 0 amide bonds. The number of fused-ring (bicyclic) bond motifs is 3. The summed E-state index contributed by atoms with van der Waals surface area (Å²) < 4.78 is 20.9. The molecule has 1 aromatic carbocycles. The van der Waals surface area contributed by atoms with Crippen molar-refractivity contribution in [3.63, 3.8) is 0 Å². The van der Waals surface area contributed by atoms with E-state index in [1.165, 1.54) is 6.07 Å². The standard InChI is InChI=1S/C22H23FN4O.ClH/c1-2-18-16(7-9-19(24)25-18)21-17(23)8-3-13-4-10-20(26-22(13)21)27-11-14-5-6-15(12-27)28-14;/h3-4,7-10,14-15H,2,5-6,11-12H2,1H3,(H2,24,25);1H. The number of pyridine rings is 2. The van der Waals surface area contributed by atoms with Crippen molar-refractivity contribution in [3.05, 3.63) is 47.9 Å². The first-order valence-corrected chi connectivity index (χ1v) is 9.88. The summed E-state index contributed by atoms with van der Waals surface area (Å²) >= 11 is 0. The minimum atomic E-state index is -0.291. The number of aromatic nitrogens is 2. The lowest BCUT2D eigenvalue weighted by Crippen LogP contribution is -2.43. The zero-order valence-corrected chi connectivity index (χ0v) is 17.1. The minimum absolute atomic E-state index is 0. The maximum atomic E-state index is 15.0. The fourth-order valence-corrected chi connectivity index (χ4v) is 4.40. The second-order valence-electron chi connectivity index (χ2n) is 7.61. The number of anilines is 2. The molecule has 2 bridgehead atoms. The number of rotatable bonds is 3. The van der Waals surface area contributed by atoms with Crippen LogP contribution in [0.3, 0.4) is 0 Å². The maximum Gasteiger partial charge on any atom is 0.133 e. The van der Waals surface area contributed by atoms with Crippen LogP contribution >= 0.6 is 12.4 Å². The largest absolute Gasteiger partial charge is 0.384 e. The van der Waals surface area contributed by atoms with Crippen LogP contribution in [0.5, 0.6) is 0 Å². The molecular formula is C22H24ClFN4O. The molecule has 3 aromatic rings. The Labute approximate surface area is 175 Å². The van der Waals surface area contributed by atoms with Crippen molar-refractivity contribution in [1.82, 2.24) is 9.97 Å². The second-order valence-corrected chi connectivity index (χ2v) is 7.61. The van der Waals surface area contributed by atoms with Crippen molar-refractivity contribution >= 4 is 34.9 Å². The van der Waals surface area contributed by atoms with E-state index in [0.717, 1.165) is 48.4 Å². The van der Waals surface area contributed by atoms with Crippen molar-refractivity contribution in [2.45, 2.75) is 38.4 Å². The molecule has 2 aliphatic rings. The average Bonchev–Trinajstić information content (AvgIpc) is 3.05. The van der Waals surface area contributed by atoms with Gasteiger partial charge < -0.3 is 15.4 Å². The van der Waals surface area contributed by atoms with E-state index in [1.807, 2.05) is 25.1 Å². The molecule has 2 aliphatic heterocycles. The summed E-state index contributed by atoms with van der Waals surface area (Å²) in [5.74, 6) is 1.03. The molecule has 2 unspecified atom stereocenters. The summed E-state index contributed by atoms with van der Waals surface area (Å²) in [5.41, 5.74) is 8.55. The van der Waals surface area contributed by atoms with Crippen LogP contribution in [-0.2, 0) is 11.2 Å². The lowest BCUT2D eigenvalue weighted by molar-refractivity contribution is 0.0302. The van der Waals surface area contributed by atoms with Crippen molar-refractivity contribution in [2.75, 3.05) is 23.7 Å². The third-order valence-corrected chi connectivity index (χ3v) is 5.76. The fraction of sp³-hybridized carbons (Fsp3) is 0.364. The van der Waals surface area contributed by atoms with Crippen LogP contribution in [0.2, 0.25) is 0 Å². The molecule has 0 aliphatic carbocycles. The summed E-state index contributed by atoms with van der Waals surface area (Å²) in [6.07, 6.45) is 3.42. The predicted molar refractivity (Wildman–Crippen MR) is 116 cm³/mol. The van der Waals surface area contributed by atoms with E-state index in [1.54, 1.807) is 12.1 Å². The average molecular weight is 415 g/mol. The molecule has 0 saturated carbocycles. The van der Waals surface area contributed by atoms with Crippen LogP contribution in [0.1, 0.15) is 25.5 Å². The van der Waals surface area contributed by atoms with Crippen LogP contribution in [0.15, 0.2) is 36.4 Å². The SMILES string of the molecule is CCc1nc(N)ccc1-c1c(F)ccc2ccc(N3CC4CCC(C3)O4)nc12.Cl. The molecule has 0 radical (unpaired) electrons. The van der Waals surface area contributed by atoms with Gasteiger partial charge in [-0.1, -0.05) is 6.92 Å². The van der Waals surface area contributed by atoms with Gasteiger partial charge in [0.15, 0.2) is 0 Å². The van der Waals surface area contributed by atoms with Crippen molar-refractivity contribution in [2.24, 2.45) is 0 Å². The third kappa shape index (κ3) is 3.51. The van der Waals surface area contributed by atoms with Gasteiger partial charge in [0.25, 0.3) is 0 Å². The van der Waals surface area contributed by atoms with Gasteiger partial charge in [-0.15, -0.1) is 12.4 Å². The number of halogens is 2. The Bertz CT molecular complexity index is 1050. The van der Waals surface area contributed by atoms with Gasteiger partial charge in [-0.3, -0.25) is 0 Å². The molecule has 2 aromatic heterocycles. The van der Waals surface area contributed by atoms with Gasteiger partial charge in [-0.05, 0) is 55.7 Å². The van der Waals surface area contributed by atoms with Gasteiger partial charge in [0.05, 0.1) is 23.4 Å². The van der Waals surface area contributed by atoms with Crippen molar-refractivity contribution < 1.29 is 9.13 Å². The lowest BCUT2D eigenvalue weighted by atomic mass is 9.98. The summed E-state index contributed by atoms with van der Waals surface area (Å²) in [5, 5.41) is 0.912. The second kappa shape index (κ2) is 7.76. The summed E-state index contributed by atoms with van der Waals surface area (Å²) in [6.45, 7) is 3.67. The first-order chi connectivity index (χ1) is 13.6. The predicted octanol–water partition coefficient (Wildman–Crippen LogP) is 4.37. The van der Waals surface area contributed by atoms with Gasteiger partial charge in [-0.25, -0.2) is 14.4 Å². The van der Waals surface area contributed by atoms with Gasteiger partial charge in [0.1, 0.15) is 17.5 Å². The first kappa shape index (κ1) is 19.9. The topological polar surface area (TPSA) is 64.3 Å². The lowest BCUT2D eigenvalue weighted by Gasteiger charge is -2.33. The number of nitrogens with two attached hydrogens (primary N) is 1.